The molecule has 4 rings (SSSR count). The zero-order valence-corrected chi connectivity index (χ0v) is 15.5. The first-order chi connectivity index (χ1) is 13.2. The zero-order chi connectivity index (χ0) is 18.8. The number of amides is 1. The molecule has 3 aromatic rings. The van der Waals surface area contributed by atoms with Crippen molar-refractivity contribution in [2.24, 2.45) is 0 Å². The lowest BCUT2D eigenvalue weighted by Crippen LogP contribution is -2.35. The highest BCUT2D eigenvalue weighted by Crippen LogP contribution is 2.22. The molecule has 0 aliphatic carbocycles. The van der Waals surface area contributed by atoms with Crippen molar-refractivity contribution in [3.8, 4) is 11.4 Å². The Balaban J connectivity index is 1.49. The summed E-state index contributed by atoms with van der Waals surface area (Å²) in [6.45, 7) is 4.49. The molecule has 3 aromatic heterocycles. The van der Waals surface area contributed by atoms with Gasteiger partial charge in [-0.1, -0.05) is 12.1 Å². The molecule has 4 heterocycles. The van der Waals surface area contributed by atoms with E-state index in [-0.39, 0.29) is 11.9 Å². The average Bonchev–Trinajstić information content (AvgIpc) is 3.21. The summed E-state index contributed by atoms with van der Waals surface area (Å²) in [5.41, 5.74) is 2.22. The molecular formula is C19H22N6O2. The smallest absolute Gasteiger partial charge is 0.257 e. The van der Waals surface area contributed by atoms with Crippen molar-refractivity contribution in [3.05, 3.63) is 47.4 Å². The SMILES string of the molecule is CCc1noc(C)c1C(=O)NC1CCc2nnc(-c3cccnc3)n2CC1. The minimum absolute atomic E-state index is 0.0694. The highest BCUT2D eigenvalue weighted by atomic mass is 16.5. The Bertz CT molecular complexity index is 947. The number of aromatic nitrogens is 5. The first-order valence-electron chi connectivity index (χ1n) is 9.25. The van der Waals surface area contributed by atoms with Gasteiger partial charge in [-0.25, -0.2) is 0 Å². The van der Waals surface area contributed by atoms with Gasteiger partial charge in [0.15, 0.2) is 5.82 Å². The number of hydrogen-bond acceptors (Lipinski definition) is 6. The number of nitrogens with zero attached hydrogens (tertiary/aromatic N) is 5. The average molecular weight is 366 g/mol. The van der Waals surface area contributed by atoms with Crippen LogP contribution >= 0.6 is 0 Å². The van der Waals surface area contributed by atoms with Crippen LogP contribution in [0.4, 0.5) is 0 Å². The minimum atomic E-state index is -0.110. The lowest BCUT2D eigenvalue weighted by Gasteiger charge is -2.16. The maximum absolute atomic E-state index is 12.7. The molecule has 0 bridgehead atoms. The Morgan fingerprint density at radius 1 is 1.37 bits per heavy atom. The van der Waals surface area contributed by atoms with Gasteiger partial charge in [0.05, 0.1) is 5.69 Å². The van der Waals surface area contributed by atoms with E-state index in [4.69, 9.17) is 4.52 Å². The van der Waals surface area contributed by atoms with Gasteiger partial charge >= 0.3 is 0 Å². The summed E-state index contributed by atoms with van der Waals surface area (Å²) in [6.07, 6.45) is 6.61. The summed E-state index contributed by atoms with van der Waals surface area (Å²) in [4.78, 5) is 16.9. The summed E-state index contributed by atoms with van der Waals surface area (Å²) < 4.78 is 7.32. The normalized spacial score (nSPS) is 16.6. The fraction of sp³-hybridized carbons (Fsp3) is 0.421. The molecule has 27 heavy (non-hydrogen) atoms. The standard InChI is InChI=1S/C19H22N6O2/c1-3-15-17(12(2)27-24-15)19(26)21-14-6-7-16-22-23-18(25(16)10-8-14)13-5-4-9-20-11-13/h4-5,9,11,14H,3,6-8,10H2,1-2H3,(H,21,26). The Kier molecular flexibility index (Phi) is 4.70. The van der Waals surface area contributed by atoms with Crippen LogP contribution in [0.2, 0.25) is 0 Å². The number of fused-ring (bicyclic) bond motifs is 1. The summed E-state index contributed by atoms with van der Waals surface area (Å²) in [5, 5.41) is 15.8. The molecule has 0 spiro atoms. The second kappa shape index (κ2) is 7.30. The fourth-order valence-electron chi connectivity index (χ4n) is 3.55. The number of carbonyl (C=O) groups is 1. The molecule has 140 valence electrons. The van der Waals surface area contributed by atoms with E-state index in [1.165, 1.54) is 0 Å². The Hall–Kier alpha value is -3.03. The Labute approximate surface area is 157 Å². The van der Waals surface area contributed by atoms with E-state index in [0.717, 1.165) is 43.0 Å². The monoisotopic (exact) mass is 366 g/mol. The van der Waals surface area contributed by atoms with Crippen molar-refractivity contribution in [1.82, 2.24) is 30.2 Å². The first kappa shape index (κ1) is 17.4. The van der Waals surface area contributed by atoms with Gasteiger partial charge in [0.2, 0.25) is 0 Å². The van der Waals surface area contributed by atoms with Crippen molar-refractivity contribution in [3.63, 3.8) is 0 Å². The Morgan fingerprint density at radius 2 is 2.26 bits per heavy atom. The van der Waals surface area contributed by atoms with Gasteiger partial charge < -0.3 is 14.4 Å². The number of nitrogens with one attached hydrogen (secondary N) is 1. The fourth-order valence-corrected chi connectivity index (χ4v) is 3.55. The molecule has 8 heteroatoms. The molecule has 0 radical (unpaired) electrons. The Morgan fingerprint density at radius 3 is 3.04 bits per heavy atom. The predicted molar refractivity (Wildman–Crippen MR) is 98.1 cm³/mol. The highest BCUT2D eigenvalue weighted by Gasteiger charge is 2.25. The van der Waals surface area contributed by atoms with E-state index in [1.807, 2.05) is 19.1 Å². The van der Waals surface area contributed by atoms with Gasteiger partial charge in [0, 0.05) is 37.0 Å². The number of rotatable bonds is 4. The molecule has 1 amide bonds. The molecule has 8 nitrogen and oxygen atoms in total. The van der Waals surface area contributed by atoms with Crippen molar-refractivity contribution >= 4 is 5.91 Å². The molecule has 0 saturated heterocycles. The molecule has 1 aliphatic rings. The van der Waals surface area contributed by atoms with Gasteiger partial charge in [-0.15, -0.1) is 10.2 Å². The van der Waals surface area contributed by atoms with E-state index in [0.29, 0.717) is 23.4 Å². The third-order valence-electron chi connectivity index (χ3n) is 5.00. The highest BCUT2D eigenvalue weighted by molar-refractivity contribution is 5.96. The van der Waals surface area contributed by atoms with Crippen LogP contribution in [0, 0.1) is 6.92 Å². The quantitative estimate of drug-likeness (QED) is 0.761. The lowest BCUT2D eigenvalue weighted by atomic mass is 10.1. The molecule has 1 aliphatic heterocycles. The summed E-state index contributed by atoms with van der Waals surface area (Å²) in [7, 11) is 0. The molecule has 0 fully saturated rings. The molecular weight excluding hydrogens is 344 g/mol. The molecule has 0 aromatic carbocycles. The number of hydrogen-bond donors (Lipinski definition) is 1. The van der Waals surface area contributed by atoms with Gasteiger partial charge in [-0.05, 0) is 38.3 Å². The number of carbonyl (C=O) groups excluding carboxylic acids is 1. The largest absolute Gasteiger partial charge is 0.361 e. The van der Waals surface area contributed by atoms with Crippen LogP contribution in [-0.2, 0) is 19.4 Å². The number of aryl methyl sites for hydroxylation is 3. The van der Waals surface area contributed by atoms with E-state index in [1.54, 1.807) is 19.3 Å². The van der Waals surface area contributed by atoms with Gasteiger partial charge in [-0.3, -0.25) is 9.78 Å². The van der Waals surface area contributed by atoms with Crippen LogP contribution < -0.4 is 5.32 Å². The minimum Gasteiger partial charge on any atom is -0.361 e. The maximum atomic E-state index is 12.7. The van der Waals surface area contributed by atoms with Crippen LogP contribution in [-0.4, -0.2) is 36.9 Å². The van der Waals surface area contributed by atoms with Crippen LogP contribution in [0.25, 0.3) is 11.4 Å². The second-order valence-electron chi connectivity index (χ2n) is 6.74. The topological polar surface area (TPSA) is 98.7 Å². The third-order valence-corrected chi connectivity index (χ3v) is 5.00. The molecule has 1 atom stereocenters. The van der Waals surface area contributed by atoms with Crippen LogP contribution in [0.5, 0.6) is 0 Å². The van der Waals surface area contributed by atoms with Crippen molar-refractivity contribution in [2.45, 2.75) is 52.1 Å². The lowest BCUT2D eigenvalue weighted by molar-refractivity contribution is 0.0930. The van der Waals surface area contributed by atoms with Crippen LogP contribution in [0.15, 0.2) is 29.0 Å². The van der Waals surface area contributed by atoms with E-state index in [9.17, 15) is 4.79 Å². The first-order valence-corrected chi connectivity index (χ1v) is 9.25. The zero-order valence-electron chi connectivity index (χ0n) is 15.5. The van der Waals surface area contributed by atoms with Crippen molar-refractivity contribution < 1.29 is 9.32 Å². The van der Waals surface area contributed by atoms with E-state index >= 15 is 0 Å². The number of pyridine rings is 1. The second-order valence-corrected chi connectivity index (χ2v) is 6.74. The van der Waals surface area contributed by atoms with E-state index < -0.39 is 0 Å². The molecule has 1 N–H and O–H groups in total. The summed E-state index contributed by atoms with van der Waals surface area (Å²) in [5.74, 6) is 2.23. The van der Waals surface area contributed by atoms with Gasteiger partial charge in [0.1, 0.15) is 17.1 Å². The van der Waals surface area contributed by atoms with Crippen LogP contribution in [0.1, 0.15) is 47.4 Å². The van der Waals surface area contributed by atoms with Crippen molar-refractivity contribution in [2.75, 3.05) is 0 Å². The summed E-state index contributed by atoms with van der Waals surface area (Å²) >= 11 is 0. The molecule has 0 saturated carbocycles. The van der Waals surface area contributed by atoms with Gasteiger partial charge in [-0.2, -0.15) is 0 Å². The van der Waals surface area contributed by atoms with Gasteiger partial charge in [0.25, 0.3) is 5.91 Å². The maximum Gasteiger partial charge on any atom is 0.257 e. The summed E-state index contributed by atoms with van der Waals surface area (Å²) in [6, 6.07) is 3.94. The molecule has 1 unspecified atom stereocenters. The van der Waals surface area contributed by atoms with Crippen LogP contribution in [0.3, 0.4) is 0 Å². The predicted octanol–water partition coefficient (Wildman–Crippen LogP) is 2.33. The van der Waals surface area contributed by atoms with Crippen molar-refractivity contribution in [1.29, 1.82) is 0 Å². The van der Waals surface area contributed by atoms with E-state index in [2.05, 4.69) is 30.2 Å². The third kappa shape index (κ3) is 3.34.